The van der Waals surface area contributed by atoms with Crippen LogP contribution in [0.1, 0.15) is 16.8 Å². The number of aromatic amines is 1. The van der Waals surface area contributed by atoms with Crippen molar-refractivity contribution in [3.63, 3.8) is 0 Å². The van der Waals surface area contributed by atoms with Gasteiger partial charge in [0.2, 0.25) is 5.91 Å². The Hall–Kier alpha value is -4.96. The number of phenolic OH excluding ortho intramolecular Hbond substituents is 1. The van der Waals surface area contributed by atoms with Crippen LogP contribution in [0.2, 0.25) is 0 Å². The van der Waals surface area contributed by atoms with Crippen molar-refractivity contribution < 1.29 is 14.3 Å². The average Bonchev–Trinajstić information content (AvgIpc) is 3.36. The third-order valence-electron chi connectivity index (χ3n) is 6.63. The largest absolute Gasteiger partial charge is 0.508 e. The predicted molar refractivity (Wildman–Crippen MR) is 152 cm³/mol. The first kappa shape index (κ1) is 25.3. The molecule has 9 nitrogen and oxygen atoms in total. The van der Waals surface area contributed by atoms with Gasteiger partial charge in [-0.3, -0.25) is 24.7 Å². The Morgan fingerprint density at radius 3 is 2.77 bits per heavy atom. The van der Waals surface area contributed by atoms with Gasteiger partial charge in [0.25, 0.3) is 0 Å². The molecule has 0 saturated heterocycles. The highest BCUT2D eigenvalue weighted by Gasteiger charge is 2.21. The summed E-state index contributed by atoms with van der Waals surface area (Å²) in [7, 11) is 3.67. The summed E-state index contributed by atoms with van der Waals surface area (Å²) in [6.07, 6.45) is 7.60. The Labute approximate surface area is 229 Å². The number of aromatic nitrogens is 4. The predicted octanol–water partition coefficient (Wildman–Crippen LogP) is 4.43. The zero-order valence-electron chi connectivity index (χ0n) is 21.9. The van der Waals surface area contributed by atoms with E-state index in [1.165, 1.54) is 12.1 Å². The standard InChI is InChI=1S/C30H26FN7O2/c1-38(2)16-28(40)36-21-8-19(13-32-15-21)26-11-23-17(14-35-26)3-5-34-30(23)27-12-24-25(37-27)4-6-33-29(24)18-7-20(31)10-22(39)9-18/h4,6-15,37,39H,3,5,16H2,1-2H3,(H,36,40). The number of carbonyl (C=O) groups is 1. The highest BCUT2D eigenvalue weighted by molar-refractivity contribution is 6.16. The van der Waals surface area contributed by atoms with Gasteiger partial charge < -0.3 is 20.3 Å². The molecule has 40 heavy (non-hydrogen) atoms. The summed E-state index contributed by atoms with van der Waals surface area (Å²) < 4.78 is 14.0. The van der Waals surface area contributed by atoms with Crippen LogP contribution in [0.5, 0.6) is 5.75 Å². The number of rotatable bonds is 6. The molecular formula is C30H26FN7O2. The molecule has 5 aromatic rings. The maximum absolute atomic E-state index is 14.0. The van der Waals surface area contributed by atoms with E-state index in [9.17, 15) is 14.3 Å². The van der Waals surface area contributed by atoms with E-state index >= 15 is 0 Å². The lowest BCUT2D eigenvalue weighted by atomic mass is 9.95. The minimum absolute atomic E-state index is 0.127. The fourth-order valence-corrected chi connectivity index (χ4v) is 4.92. The number of likely N-dealkylation sites (N-methyl/N-ethyl adjacent to an activating group) is 1. The average molecular weight is 536 g/mol. The van der Waals surface area contributed by atoms with Crippen LogP contribution in [0.15, 0.2) is 72.2 Å². The Kier molecular flexibility index (Phi) is 6.53. The first-order valence-electron chi connectivity index (χ1n) is 12.8. The Balaban J connectivity index is 1.37. The number of nitrogens with zero attached hydrogens (tertiary/aromatic N) is 5. The molecule has 0 atom stereocenters. The van der Waals surface area contributed by atoms with Crippen LogP contribution >= 0.6 is 0 Å². The molecule has 6 rings (SSSR count). The summed E-state index contributed by atoms with van der Waals surface area (Å²) in [6, 6.07) is 11.6. The van der Waals surface area contributed by atoms with Gasteiger partial charge in [-0.05, 0) is 62.5 Å². The number of fused-ring (bicyclic) bond motifs is 2. The number of nitrogens with one attached hydrogen (secondary N) is 2. The van der Waals surface area contributed by atoms with Gasteiger partial charge in [-0.2, -0.15) is 0 Å². The van der Waals surface area contributed by atoms with Crippen molar-refractivity contribution in [2.24, 2.45) is 4.99 Å². The smallest absolute Gasteiger partial charge is 0.238 e. The summed E-state index contributed by atoms with van der Waals surface area (Å²) in [4.78, 5) is 35.8. The first-order valence-corrected chi connectivity index (χ1v) is 12.8. The van der Waals surface area contributed by atoms with Crippen molar-refractivity contribution in [3.05, 3.63) is 89.9 Å². The molecule has 5 heterocycles. The quantitative estimate of drug-likeness (QED) is 0.296. The van der Waals surface area contributed by atoms with E-state index in [-0.39, 0.29) is 18.2 Å². The van der Waals surface area contributed by atoms with Crippen molar-refractivity contribution >= 4 is 28.2 Å². The number of phenols is 1. The molecule has 0 bridgehead atoms. The van der Waals surface area contributed by atoms with Crippen molar-refractivity contribution in [1.82, 2.24) is 24.8 Å². The molecule has 1 aliphatic heterocycles. The lowest BCUT2D eigenvalue weighted by molar-refractivity contribution is -0.116. The Bertz CT molecular complexity index is 1770. The number of pyridine rings is 3. The minimum Gasteiger partial charge on any atom is -0.508 e. The maximum atomic E-state index is 14.0. The van der Waals surface area contributed by atoms with E-state index in [0.717, 1.165) is 51.5 Å². The van der Waals surface area contributed by atoms with E-state index in [4.69, 9.17) is 4.99 Å². The van der Waals surface area contributed by atoms with Gasteiger partial charge >= 0.3 is 0 Å². The highest BCUT2D eigenvalue weighted by atomic mass is 19.1. The van der Waals surface area contributed by atoms with E-state index in [2.05, 4.69) is 25.3 Å². The molecule has 0 saturated carbocycles. The van der Waals surface area contributed by atoms with E-state index < -0.39 is 5.82 Å². The second-order valence-corrected chi connectivity index (χ2v) is 9.96. The summed E-state index contributed by atoms with van der Waals surface area (Å²) in [5.41, 5.74) is 7.53. The topological polar surface area (TPSA) is 119 Å². The molecule has 1 aliphatic rings. The molecule has 4 aromatic heterocycles. The minimum atomic E-state index is -0.536. The van der Waals surface area contributed by atoms with Crippen LogP contribution in [0.3, 0.4) is 0 Å². The van der Waals surface area contributed by atoms with Gasteiger partial charge in [-0.1, -0.05) is 0 Å². The summed E-state index contributed by atoms with van der Waals surface area (Å²) in [5.74, 6) is -0.824. The lowest BCUT2D eigenvalue weighted by Gasteiger charge is -2.17. The number of halogens is 1. The molecule has 0 aliphatic carbocycles. The number of anilines is 1. The number of carbonyl (C=O) groups excluding carboxylic acids is 1. The Morgan fingerprint density at radius 1 is 1.07 bits per heavy atom. The maximum Gasteiger partial charge on any atom is 0.238 e. The normalized spacial score (nSPS) is 12.8. The van der Waals surface area contributed by atoms with E-state index in [1.54, 1.807) is 23.5 Å². The molecule has 0 radical (unpaired) electrons. The van der Waals surface area contributed by atoms with Crippen LogP contribution < -0.4 is 5.32 Å². The molecule has 0 unspecified atom stereocenters. The number of hydrogen-bond donors (Lipinski definition) is 3. The number of H-pyrrole nitrogens is 1. The van der Waals surface area contributed by atoms with Crippen LogP contribution in [0.4, 0.5) is 10.1 Å². The zero-order valence-corrected chi connectivity index (χ0v) is 21.9. The van der Waals surface area contributed by atoms with E-state index in [0.29, 0.717) is 29.2 Å². The summed E-state index contributed by atoms with van der Waals surface area (Å²) >= 11 is 0. The monoisotopic (exact) mass is 535 g/mol. The van der Waals surface area contributed by atoms with Crippen LogP contribution in [0.25, 0.3) is 33.4 Å². The summed E-state index contributed by atoms with van der Waals surface area (Å²) in [5, 5.41) is 13.6. The van der Waals surface area contributed by atoms with E-state index in [1.807, 2.05) is 44.6 Å². The second-order valence-electron chi connectivity index (χ2n) is 9.96. The molecule has 0 spiro atoms. The molecule has 1 amide bonds. The third-order valence-corrected chi connectivity index (χ3v) is 6.63. The number of aliphatic imine (C=N–C) groups is 1. The highest BCUT2D eigenvalue weighted by Crippen LogP contribution is 2.32. The van der Waals surface area contributed by atoms with Gasteiger partial charge in [0.1, 0.15) is 11.6 Å². The lowest BCUT2D eigenvalue weighted by Crippen LogP contribution is -2.27. The zero-order chi connectivity index (χ0) is 27.8. The molecule has 0 fully saturated rings. The van der Waals surface area contributed by atoms with Gasteiger partial charge in [0.15, 0.2) is 0 Å². The van der Waals surface area contributed by atoms with Gasteiger partial charge in [-0.15, -0.1) is 0 Å². The SMILES string of the molecule is CN(C)CC(=O)Nc1cncc(-c2cc3c(cn2)CCN=C3c2cc3c(-c4cc(O)cc(F)c4)nccc3[nH]2)c1. The van der Waals surface area contributed by atoms with Gasteiger partial charge in [-0.25, -0.2) is 4.39 Å². The summed E-state index contributed by atoms with van der Waals surface area (Å²) in [6.45, 7) is 0.889. The molecule has 200 valence electrons. The molecule has 3 N–H and O–H groups in total. The fraction of sp³-hybridized carbons (Fsp3) is 0.167. The van der Waals surface area contributed by atoms with Crippen molar-refractivity contribution in [2.45, 2.75) is 6.42 Å². The molecule has 1 aromatic carbocycles. The van der Waals surface area contributed by atoms with Crippen molar-refractivity contribution in [3.8, 4) is 28.3 Å². The van der Waals surface area contributed by atoms with Gasteiger partial charge in [0, 0.05) is 58.8 Å². The number of benzene rings is 1. The number of aromatic hydroxyl groups is 1. The van der Waals surface area contributed by atoms with Gasteiger partial charge in [0.05, 0.1) is 41.2 Å². The van der Waals surface area contributed by atoms with Crippen LogP contribution in [0, 0.1) is 5.82 Å². The third kappa shape index (κ3) is 5.04. The van der Waals surface area contributed by atoms with Crippen molar-refractivity contribution in [2.75, 3.05) is 32.5 Å². The fourth-order valence-electron chi connectivity index (χ4n) is 4.92. The molecule has 10 heteroatoms. The van der Waals surface area contributed by atoms with Crippen LogP contribution in [-0.4, -0.2) is 68.7 Å². The molecular weight excluding hydrogens is 509 g/mol. The second kappa shape index (κ2) is 10.3. The number of hydrogen-bond acceptors (Lipinski definition) is 7. The Morgan fingerprint density at radius 2 is 1.95 bits per heavy atom. The number of amides is 1. The first-order chi connectivity index (χ1) is 19.3. The van der Waals surface area contributed by atoms with Crippen LogP contribution in [-0.2, 0) is 11.2 Å². The van der Waals surface area contributed by atoms with Crippen molar-refractivity contribution in [1.29, 1.82) is 0 Å².